The van der Waals surface area contributed by atoms with Crippen molar-refractivity contribution < 1.29 is 8.42 Å². The highest BCUT2D eigenvalue weighted by Gasteiger charge is 2.31. The second-order valence-electron chi connectivity index (χ2n) is 5.95. The normalized spacial score (nSPS) is 18.3. The molecule has 0 saturated carbocycles. The summed E-state index contributed by atoms with van der Waals surface area (Å²) < 4.78 is 26.9. The van der Waals surface area contributed by atoms with Gasteiger partial charge in [-0.1, -0.05) is 31.5 Å². The Morgan fingerprint density at radius 3 is 2.43 bits per heavy atom. The molecule has 0 aromatic heterocycles. The molecule has 0 radical (unpaired) electrons. The zero-order valence-electron chi connectivity index (χ0n) is 12.5. The predicted octanol–water partition coefficient (Wildman–Crippen LogP) is 2.86. The quantitative estimate of drug-likeness (QED) is 0.923. The zero-order chi connectivity index (χ0) is 15.6. The van der Waals surface area contributed by atoms with E-state index in [0.717, 1.165) is 18.4 Å². The summed E-state index contributed by atoms with van der Waals surface area (Å²) in [6, 6.07) is 4.92. The molecule has 1 heterocycles. The molecule has 0 amide bonds. The van der Waals surface area contributed by atoms with Crippen molar-refractivity contribution in [2.45, 2.75) is 38.1 Å². The molecule has 118 valence electrons. The summed E-state index contributed by atoms with van der Waals surface area (Å²) in [4.78, 5) is 0.185. The molecule has 1 saturated heterocycles. The van der Waals surface area contributed by atoms with Crippen LogP contribution in [0.3, 0.4) is 0 Å². The number of sulfonamides is 1. The highest BCUT2D eigenvalue weighted by molar-refractivity contribution is 7.89. The van der Waals surface area contributed by atoms with Crippen LogP contribution in [0.25, 0.3) is 0 Å². The molecule has 6 heteroatoms. The lowest BCUT2D eigenvalue weighted by atomic mass is 9.87. The largest absolute Gasteiger partial charge is 0.326 e. The topological polar surface area (TPSA) is 63.4 Å². The van der Waals surface area contributed by atoms with Gasteiger partial charge in [0.15, 0.2) is 0 Å². The van der Waals surface area contributed by atoms with Crippen LogP contribution in [-0.2, 0) is 16.6 Å². The lowest BCUT2D eigenvalue weighted by Crippen LogP contribution is -2.39. The molecular weight excluding hydrogens is 308 g/mol. The SMILES string of the molecule is CC(C)C1CCN(S(=O)(=O)c2ccc(CN)cc2Cl)CC1. The average molecular weight is 331 g/mol. The summed E-state index contributed by atoms with van der Waals surface area (Å²) in [5, 5.41) is 0.254. The van der Waals surface area contributed by atoms with Gasteiger partial charge in [0.25, 0.3) is 0 Å². The van der Waals surface area contributed by atoms with Crippen molar-refractivity contribution in [2.75, 3.05) is 13.1 Å². The summed E-state index contributed by atoms with van der Waals surface area (Å²) >= 11 is 6.13. The summed E-state index contributed by atoms with van der Waals surface area (Å²) in [5.74, 6) is 1.20. The molecule has 0 spiro atoms. The maximum Gasteiger partial charge on any atom is 0.244 e. The molecule has 1 fully saturated rings. The molecule has 0 aliphatic carbocycles. The van der Waals surface area contributed by atoms with E-state index in [1.165, 1.54) is 0 Å². The van der Waals surface area contributed by atoms with Crippen molar-refractivity contribution in [3.05, 3.63) is 28.8 Å². The molecule has 0 bridgehead atoms. The van der Waals surface area contributed by atoms with E-state index in [9.17, 15) is 8.42 Å². The lowest BCUT2D eigenvalue weighted by Gasteiger charge is -2.33. The van der Waals surface area contributed by atoms with Crippen LogP contribution in [0.4, 0.5) is 0 Å². The number of benzene rings is 1. The summed E-state index contributed by atoms with van der Waals surface area (Å²) in [5.41, 5.74) is 6.38. The van der Waals surface area contributed by atoms with Gasteiger partial charge in [-0.2, -0.15) is 4.31 Å². The number of rotatable bonds is 4. The van der Waals surface area contributed by atoms with Crippen molar-refractivity contribution in [1.82, 2.24) is 4.31 Å². The van der Waals surface area contributed by atoms with E-state index in [1.54, 1.807) is 22.5 Å². The van der Waals surface area contributed by atoms with Crippen LogP contribution in [0.1, 0.15) is 32.3 Å². The number of nitrogens with two attached hydrogens (primary N) is 1. The first-order valence-electron chi connectivity index (χ1n) is 7.35. The van der Waals surface area contributed by atoms with Gasteiger partial charge in [0.1, 0.15) is 4.90 Å². The third kappa shape index (κ3) is 3.59. The first kappa shape index (κ1) is 16.7. The number of hydrogen-bond donors (Lipinski definition) is 1. The Labute approximate surface area is 132 Å². The molecule has 4 nitrogen and oxygen atoms in total. The van der Waals surface area contributed by atoms with Gasteiger partial charge in [0.2, 0.25) is 10.0 Å². The Morgan fingerprint density at radius 1 is 1.33 bits per heavy atom. The Kier molecular flexibility index (Phi) is 5.30. The minimum absolute atomic E-state index is 0.185. The van der Waals surface area contributed by atoms with Gasteiger partial charge in [-0.05, 0) is 42.4 Å². The maximum absolute atomic E-state index is 12.7. The fourth-order valence-electron chi connectivity index (χ4n) is 2.80. The molecule has 21 heavy (non-hydrogen) atoms. The van der Waals surface area contributed by atoms with E-state index < -0.39 is 10.0 Å². The van der Waals surface area contributed by atoms with Crippen LogP contribution < -0.4 is 5.73 Å². The van der Waals surface area contributed by atoms with Gasteiger partial charge >= 0.3 is 0 Å². The molecule has 0 atom stereocenters. The fourth-order valence-corrected chi connectivity index (χ4v) is 4.81. The van der Waals surface area contributed by atoms with E-state index in [2.05, 4.69) is 13.8 Å². The van der Waals surface area contributed by atoms with E-state index in [-0.39, 0.29) is 9.92 Å². The maximum atomic E-state index is 12.7. The standard InChI is InChI=1S/C15H23ClN2O2S/c1-11(2)13-5-7-18(8-6-13)21(19,20)15-4-3-12(10-17)9-14(15)16/h3-4,9,11,13H,5-8,10,17H2,1-2H3. The molecule has 2 N–H and O–H groups in total. The minimum atomic E-state index is -3.51. The van der Waals surface area contributed by atoms with Crippen molar-refractivity contribution in [3.63, 3.8) is 0 Å². The van der Waals surface area contributed by atoms with Gasteiger partial charge in [-0.25, -0.2) is 8.42 Å². The molecule has 1 aromatic rings. The van der Waals surface area contributed by atoms with Crippen molar-refractivity contribution in [2.24, 2.45) is 17.6 Å². The molecule has 1 aromatic carbocycles. The van der Waals surface area contributed by atoms with Crippen LogP contribution in [0, 0.1) is 11.8 Å². The minimum Gasteiger partial charge on any atom is -0.326 e. The van der Waals surface area contributed by atoms with Crippen LogP contribution in [0.5, 0.6) is 0 Å². The number of halogens is 1. The van der Waals surface area contributed by atoms with Crippen LogP contribution in [-0.4, -0.2) is 25.8 Å². The first-order chi connectivity index (χ1) is 9.86. The van der Waals surface area contributed by atoms with Gasteiger partial charge in [-0.3, -0.25) is 0 Å². The molecule has 2 rings (SSSR count). The Hall–Kier alpha value is -0.620. The molecule has 0 unspecified atom stereocenters. The van der Waals surface area contributed by atoms with Gasteiger partial charge in [-0.15, -0.1) is 0 Å². The van der Waals surface area contributed by atoms with E-state index >= 15 is 0 Å². The molecular formula is C15H23ClN2O2S. The van der Waals surface area contributed by atoms with Crippen molar-refractivity contribution in [1.29, 1.82) is 0 Å². The van der Waals surface area contributed by atoms with E-state index in [0.29, 0.717) is 31.5 Å². The number of nitrogens with zero attached hydrogens (tertiary/aromatic N) is 1. The fraction of sp³-hybridized carbons (Fsp3) is 0.600. The van der Waals surface area contributed by atoms with Crippen LogP contribution in [0.2, 0.25) is 5.02 Å². The Morgan fingerprint density at radius 2 is 1.95 bits per heavy atom. The average Bonchev–Trinajstić information content (AvgIpc) is 2.46. The molecule has 1 aliphatic rings. The lowest BCUT2D eigenvalue weighted by molar-refractivity contribution is 0.226. The second kappa shape index (κ2) is 6.65. The third-order valence-electron chi connectivity index (χ3n) is 4.29. The van der Waals surface area contributed by atoms with Crippen molar-refractivity contribution >= 4 is 21.6 Å². The van der Waals surface area contributed by atoms with E-state index in [4.69, 9.17) is 17.3 Å². The number of hydrogen-bond acceptors (Lipinski definition) is 3. The van der Waals surface area contributed by atoms with Gasteiger partial charge in [0, 0.05) is 19.6 Å². The number of piperidine rings is 1. The zero-order valence-corrected chi connectivity index (χ0v) is 14.1. The first-order valence-corrected chi connectivity index (χ1v) is 9.16. The second-order valence-corrected chi connectivity index (χ2v) is 8.27. The van der Waals surface area contributed by atoms with Crippen molar-refractivity contribution in [3.8, 4) is 0 Å². The Bertz CT molecular complexity index is 594. The summed E-state index contributed by atoms with van der Waals surface area (Å²) in [6.45, 7) is 5.87. The van der Waals surface area contributed by atoms with Crippen LogP contribution in [0.15, 0.2) is 23.1 Å². The van der Waals surface area contributed by atoms with Gasteiger partial charge in [0.05, 0.1) is 5.02 Å². The molecule has 1 aliphatic heterocycles. The Balaban J connectivity index is 2.19. The summed E-state index contributed by atoms with van der Waals surface area (Å²) in [7, 11) is -3.51. The third-order valence-corrected chi connectivity index (χ3v) is 6.67. The highest BCUT2D eigenvalue weighted by Crippen LogP contribution is 2.31. The monoisotopic (exact) mass is 330 g/mol. The van der Waals surface area contributed by atoms with Crippen LogP contribution >= 0.6 is 11.6 Å². The van der Waals surface area contributed by atoms with Gasteiger partial charge < -0.3 is 5.73 Å². The highest BCUT2D eigenvalue weighted by atomic mass is 35.5. The predicted molar refractivity (Wildman–Crippen MR) is 85.7 cm³/mol. The van der Waals surface area contributed by atoms with E-state index in [1.807, 2.05) is 0 Å². The smallest absolute Gasteiger partial charge is 0.244 e. The summed E-state index contributed by atoms with van der Waals surface area (Å²) in [6.07, 6.45) is 1.82.